The van der Waals surface area contributed by atoms with Gasteiger partial charge in [0.25, 0.3) is 0 Å². The Morgan fingerprint density at radius 1 is 0.850 bits per heavy atom. The van der Waals surface area contributed by atoms with E-state index in [9.17, 15) is 0 Å². The van der Waals surface area contributed by atoms with E-state index in [1.54, 1.807) is 11.1 Å². The van der Waals surface area contributed by atoms with Crippen LogP contribution in [0.2, 0.25) is 0 Å². The van der Waals surface area contributed by atoms with Crippen LogP contribution in [-0.4, -0.2) is 6.54 Å². The normalized spacial score (nSPS) is 13.4. The summed E-state index contributed by atoms with van der Waals surface area (Å²) < 4.78 is 0. The molecule has 1 heteroatoms. The highest BCUT2D eigenvalue weighted by atomic mass is 14.9. The summed E-state index contributed by atoms with van der Waals surface area (Å²) in [5.41, 5.74) is 4.47. The van der Waals surface area contributed by atoms with Gasteiger partial charge in [0.2, 0.25) is 0 Å². The third-order valence-electron chi connectivity index (χ3n) is 4.46. The maximum atomic E-state index is 3.59. The lowest BCUT2D eigenvalue weighted by molar-refractivity contribution is 0.581. The SMILES string of the molecule is CCCCCCCCCCNc1ccc2c(c1)CCC2. The van der Waals surface area contributed by atoms with Gasteiger partial charge in [-0.2, -0.15) is 0 Å². The molecular formula is C19H31N. The first kappa shape index (κ1) is 15.4. The van der Waals surface area contributed by atoms with Crippen molar-refractivity contribution in [2.24, 2.45) is 0 Å². The minimum absolute atomic E-state index is 1.13. The number of fused-ring (bicyclic) bond motifs is 1. The van der Waals surface area contributed by atoms with Crippen molar-refractivity contribution in [2.75, 3.05) is 11.9 Å². The van der Waals surface area contributed by atoms with Gasteiger partial charge in [0.05, 0.1) is 0 Å². The van der Waals surface area contributed by atoms with E-state index in [0.29, 0.717) is 0 Å². The molecule has 0 saturated carbocycles. The number of anilines is 1. The molecule has 112 valence electrons. The summed E-state index contributed by atoms with van der Waals surface area (Å²) in [5, 5.41) is 3.59. The fourth-order valence-electron chi connectivity index (χ4n) is 3.17. The van der Waals surface area contributed by atoms with Crippen molar-refractivity contribution in [3.63, 3.8) is 0 Å². The zero-order valence-corrected chi connectivity index (χ0v) is 13.2. The number of aryl methyl sites for hydroxylation is 2. The summed E-state index contributed by atoms with van der Waals surface area (Å²) in [6.07, 6.45) is 15.1. The molecule has 0 aromatic heterocycles. The molecule has 0 amide bonds. The molecule has 0 radical (unpaired) electrons. The summed E-state index contributed by atoms with van der Waals surface area (Å²) in [6.45, 7) is 3.42. The molecule has 1 nitrogen and oxygen atoms in total. The van der Waals surface area contributed by atoms with Gasteiger partial charge in [-0.1, -0.05) is 57.9 Å². The number of rotatable bonds is 10. The molecule has 1 aliphatic carbocycles. The van der Waals surface area contributed by atoms with Crippen LogP contribution in [0.1, 0.15) is 75.8 Å². The zero-order valence-electron chi connectivity index (χ0n) is 13.2. The molecule has 0 spiro atoms. The van der Waals surface area contributed by atoms with Crippen molar-refractivity contribution < 1.29 is 0 Å². The summed E-state index contributed by atoms with van der Waals surface area (Å²) in [7, 11) is 0. The largest absolute Gasteiger partial charge is 0.385 e. The van der Waals surface area contributed by atoms with Crippen LogP contribution >= 0.6 is 0 Å². The standard InChI is InChI=1S/C19H31N/c1-2-3-4-5-6-7-8-9-15-20-19-14-13-17-11-10-12-18(17)16-19/h13-14,16,20H,2-12,15H2,1H3. The fraction of sp³-hybridized carbons (Fsp3) is 0.684. The van der Waals surface area contributed by atoms with Crippen molar-refractivity contribution in [1.82, 2.24) is 0 Å². The van der Waals surface area contributed by atoms with Crippen LogP contribution in [0, 0.1) is 0 Å². The Kier molecular flexibility index (Phi) is 6.97. The number of nitrogens with one attached hydrogen (secondary N) is 1. The molecule has 0 heterocycles. The molecular weight excluding hydrogens is 242 g/mol. The lowest BCUT2D eigenvalue weighted by atomic mass is 10.1. The maximum absolute atomic E-state index is 3.59. The Morgan fingerprint density at radius 2 is 1.55 bits per heavy atom. The van der Waals surface area contributed by atoms with Gasteiger partial charge < -0.3 is 5.32 Å². The predicted octanol–water partition coefficient (Wildman–Crippen LogP) is 5.73. The van der Waals surface area contributed by atoms with Gasteiger partial charge in [0.1, 0.15) is 0 Å². The first-order chi connectivity index (χ1) is 9.90. The minimum atomic E-state index is 1.13. The van der Waals surface area contributed by atoms with Gasteiger partial charge in [-0.25, -0.2) is 0 Å². The summed E-state index contributed by atoms with van der Waals surface area (Å²) in [4.78, 5) is 0. The average molecular weight is 273 g/mol. The first-order valence-corrected chi connectivity index (χ1v) is 8.76. The molecule has 0 unspecified atom stereocenters. The van der Waals surface area contributed by atoms with Gasteiger partial charge in [0, 0.05) is 12.2 Å². The maximum Gasteiger partial charge on any atom is 0.0343 e. The number of unbranched alkanes of at least 4 members (excludes halogenated alkanes) is 7. The Balaban J connectivity index is 1.51. The molecule has 20 heavy (non-hydrogen) atoms. The third-order valence-corrected chi connectivity index (χ3v) is 4.46. The van der Waals surface area contributed by atoms with Crippen LogP contribution in [0.4, 0.5) is 5.69 Å². The topological polar surface area (TPSA) is 12.0 Å². The molecule has 1 aromatic rings. The van der Waals surface area contributed by atoms with Crippen molar-refractivity contribution >= 4 is 5.69 Å². The van der Waals surface area contributed by atoms with E-state index in [1.807, 2.05) is 0 Å². The molecule has 1 aliphatic rings. The second-order valence-corrected chi connectivity index (χ2v) is 6.24. The summed E-state index contributed by atoms with van der Waals surface area (Å²) in [5.74, 6) is 0. The highest BCUT2D eigenvalue weighted by Gasteiger charge is 2.10. The smallest absolute Gasteiger partial charge is 0.0343 e. The van der Waals surface area contributed by atoms with Crippen molar-refractivity contribution in [2.45, 2.75) is 77.6 Å². The van der Waals surface area contributed by atoms with E-state index in [4.69, 9.17) is 0 Å². The number of hydrogen-bond acceptors (Lipinski definition) is 1. The van der Waals surface area contributed by atoms with Crippen molar-refractivity contribution in [1.29, 1.82) is 0 Å². The van der Waals surface area contributed by atoms with Gasteiger partial charge in [-0.3, -0.25) is 0 Å². The molecule has 0 bridgehead atoms. The molecule has 1 aromatic carbocycles. The number of hydrogen-bond donors (Lipinski definition) is 1. The van der Waals surface area contributed by atoms with Gasteiger partial charge in [-0.15, -0.1) is 0 Å². The Labute approximate surface area is 125 Å². The van der Waals surface area contributed by atoms with Crippen LogP contribution in [0.15, 0.2) is 18.2 Å². The Bertz CT molecular complexity index is 383. The third kappa shape index (κ3) is 5.19. The first-order valence-electron chi connectivity index (χ1n) is 8.76. The van der Waals surface area contributed by atoms with E-state index < -0.39 is 0 Å². The van der Waals surface area contributed by atoms with Crippen LogP contribution in [0.5, 0.6) is 0 Å². The Hall–Kier alpha value is -0.980. The summed E-state index contributed by atoms with van der Waals surface area (Å²) >= 11 is 0. The monoisotopic (exact) mass is 273 g/mol. The van der Waals surface area contributed by atoms with Crippen LogP contribution in [-0.2, 0) is 12.8 Å². The quantitative estimate of drug-likeness (QED) is 0.537. The van der Waals surface area contributed by atoms with Gasteiger partial charge >= 0.3 is 0 Å². The second-order valence-electron chi connectivity index (χ2n) is 6.24. The lowest BCUT2D eigenvalue weighted by Crippen LogP contribution is -2.02. The fourth-order valence-corrected chi connectivity index (χ4v) is 3.17. The van der Waals surface area contributed by atoms with Crippen molar-refractivity contribution in [3.8, 4) is 0 Å². The van der Waals surface area contributed by atoms with Crippen LogP contribution in [0.3, 0.4) is 0 Å². The van der Waals surface area contributed by atoms with E-state index in [-0.39, 0.29) is 0 Å². The average Bonchev–Trinajstić information content (AvgIpc) is 2.93. The molecule has 0 saturated heterocycles. The second kappa shape index (κ2) is 9.05. The predicted molar refractivity (Wildman–Crippen MR) is 89.6 cm³/mol. The molecule has 0 atom stereocenters. The summed E-state index contributed by atoms with van der Waals surface area (Å²) in [6, 6.07) is 6.94. The van der Waals surface area contributed by atoms with Crippen LogP contribution < -0.4 is 5.32 Å². The van der Waals surface area contributed by atoms with Crippen LogP contribution in [0.25, 0.3) is 0 Å². The molecule has 1 N–H and O–H groups in total. The van der Waals surface area contributed by atoms with Crippen molar-refractivity contribution in [3.05, 3.63) is 29.3 Å². The zero-order chi connectivity index (χ0) is 14.0. The van der Waals surface area contributed by atoms with E-state index in [2.05, 4.69) is 30.4 Å². The van der Waals surface area contributed by atoms with Gasteiger partial charge in [0.15, 0.2) is 0 Å². The molecule has 0 fully saturated rings. The molecule has 0 aliphatic heterocycles. The highest BCUT2D eigenvalue weighted by molar-refractivity contribution is 5.50. The molecule has 2 rings (SSSR count). The highest BCUT2D eigenvalue weighted by Crippen LogP contribution is 2.24. The van der Waals surface area contributed by atoms with E-state index in [1.165, 1.54) is 76.3 Å². The lowest BCUT2D eigenvalue weighted by Gasteiger charge is -2.08. The van der Waals surface area contributed by atoms with E-state index in [0.717, 1.165) is 6.54 Å². The number of benzene rings is 1. The van der Waals surface area contributed by atoms with Gasteiger partial charge in [-0.05, 0) is 48.9 Å². The Morgan fingerprint density at radius 3 is 2.35 bits per heavy atom. The minimum Gasteiger partial charge on any atom is -0.385 e. The van der Waals surface area contributed by atoms with E-state index >= 15 is 0 Å².